The summed E-state index contributed by atoms with van der Waals surface area (Å²) in [6, 6.07) is 18.0. The van der Waals surface area contributed by atoms with E-state index in [1.807, 2.05) is 37.3 Å². The van der Waals surface area contributed by atoms with E-state index in [1.54, 1.807) is 30.3 Å². The van der Waals surface area contributed by atoms with Crippen LogP contribution in [0.1, 0.15) is 33.3 Å². The third-order valence-electron chi connectivity index (χ3n) is 4.96. The summed E-state index contributed by atoms with van der Waals surface area (Å²) in [5, 5.41) is 19.7. The molecule has 0 spiro atoms. The quantitative estimate of drug-likeness (QED) is 0.679. The van der Waals surface area contributed by atoms with Gasteiger partial charge in [0.05, 0.1) is 29.5 Å². The number of furan rings is 1. The monoisotopic (exact) mass is 384 g/mol. The molecule has 1 atom stereocenters. The van der Waals surface area contributed by atoms with E-state index in [1.165, 1.54) is 17.2 Å². The molecule has 1 amide bonds. The molecule has 6 nitrogen and oxygen atoms in total. The van der Waals surface area contributed by atoms with Gasteiger partial charge in [0.1, 0.15) is 0 Å². The fourth-order valence-electron chi connectivity index (χ4n) is 3.53. The number of amides is 1. The number of hydrogen-bond donors (Lipinski definition) is 1. The minimum Gasteiger partial charge on any atom is -0.503 e. The Balaban J connectivity index is 1.90. The van der Waals surface area contributed by atoms with E-state index in [2.05, 4.69) is 0 Å². The van der Waals surface area contributed by atoms with Crippen molar-refractivity contribution in [2.75, 3.05) is 4.90 Å². The van der Waals surface area contributed by atoms with Crippen molar-refractivity contribution in [3.63, 3.8) is 0 Å². The maximum Gasteiger partial charge on any atom is 0.294 e. The Morgan fingerprint density at radius 2 is 1.83 bits per heavy atom. The van der Waals surface area contributed by atoms with E-state index in [0.717, 1.165) is 5.56 Å². The van der Waals surface area contributed by atoms with Crippen LogP contribution in [0.5, 0.6) is 0 Å². The highest BCUT2D eigenvalue weighted by Gasteiger charge is 2.45. The SMILES string of the molecule is Cc1ccccc1C1C(C(=O)c2ccco2)=C(O)C(=O)N1c1ccc(C#N)cc1. The van der Waals surface area contributed by atoms with Crippen LogP contribution in [0.25, 0.3) is 0 Å². The lowest BCUT2D eigenvalue weighted by molar-refractivity contribution is -0.117. The Bertz CT molecular complexity index is 1170. The summed E-state index contributed by atoms with van der Waals surface area (Å²) in [7, 11) is 0. The van der Waals surface area contributed by atoms with Crippen LogP contribution >= 0.6 is 0 Å². The van der Waals surface area contributed by atoms with Gasteiger partial charge in [-0.2, -0.15) is 5.26 Å². The molecule has 3 aromatic rings. The lowest BCUT2D eigenvalue weighted by Gasteiger charge is -2.28. The molecule has 1 aromatic heterocycles. The highest BCUT2D eigenvalue weighted by molar-refractivity contribution is 6.20. The van der Waals surface area contributed by atoms with Crippen LogP contribution in [-0.2, 0) is 4.79 Å². The van der Waals surface area contributed by atoms with Gasteiger partial charge < -0.3 is 9.52 Å². The summed E-state index contributed by atoms with van der Waals surface area (Å²) >= 11 is 0. The van der Waals surface area contributed by atoms with Crippen molar-refractivity contribution in [1.29, 1.82) is 5.26 Å². The van der Waals surface area contributed by atoms with E-state index >= 15 is 0 Å². The molecule has 0 saturated carbocycles. The molecule has 0 radical (unpaired) electrons. The van der Waals surface area contributed by atoms with Crippen LogP contribution in [0.15, 0.2) is 82.7 Å². The van der Waals surface area contributed by atoms with Gasteiger partial charge >= 0.3 is 0 Å². The highest BCUT2D eigenvalue weighted by Crippen LogP contribution is 2.42. The lowest BCUT2D eigenvalue weighted by Crippen LogP contribution is -2.31. The first-order chi connectivity index (χ1) is 14.0. The average molecular weight is 384 g/mol. The van der Waals surface area contributed by atoms with E-state index in [0.29, 0.717) is 16.8 Å². The molecule has 1 N–H and O–H groups in total. The summed E-state index contributed by atoms with van der Waals surface area (Å²) in [6.45, 7) is 1.88. The molecule has 1 aliphatic heterocycles. The van der Waals surface area contributed by atoms with Crippen LogP contribution in [0, 0.1) is 18.3 Å². The summed E-state index contributed by atoms with van der Waals surface area (Å²) in [6.07, 6.45) is 1.36. The second kappa shape index (κ2) is 7.13. The average Bonchev–Trinajstić information content (AvgIpc) is 3.36. The lowest BCUT2D eigenvalue weighted by atomic mass is 9.92. The number of carbonyl (C=O) groups is 2. The number of anilines is 1. The number of hydrogen-bond acceptors (Lipinski definition) is 5. The fourth-order valence-corrected chi connectivity index (χ4v) is 3.53. The zero-order valence-corrected chi connectivity index (χ0v) is 15.5. The predicted molar refractivity (Wildman–Crippen MR) is 105 cm³/mol. The van der Waals surface area contributed by atoms with Gasteiger partial charge in [0.15, 0.2) is 11.5 Å². The third kappa shape index (κ3) is 2.99. The molecule has 2 heterocycles. The molecule has 142 valence electrons. The molecule has 6 heteroatoms. The summed E-state index contributed by atoms with van der Waals surface area (Å²) in [5.41, 5.74) is 2.45. The number of ketones is 1. The van der Waals surface area contributed by atoms with Gasteiger partial charge in [-0.25, -0.2) is 0 Å². The molecule has 2 aromatic carbocycles. The van der Waals surface area contributed by atoms with Crippen LogP contribution in [0.2, 0.25) is 0 Å². The number of carbonyl (C=O) groups excluding carboxylic acids is 2. The molecule has 4 rings (SSSR count). The van der Waals surface area contributed by atoms with E-state index in [-0.39, 0.29) is 11.3 Å². The zero-order valence-electron chi connectivity index (χ0n) is 15.5. The molecule has 0 fully saturated rings. The molecule has 1 aliphatic rings. The topological polar surface area (TPSA) is 94.5 Å². The Morgan fingerprint density at radius 1 is 1.10 bits per heavy atom. The molecular formula is C23H16N2O4. The highest BCUT2D eigenvalue weighted by atomic mass is 16.3. The molecule has 0 aliphatic carbocycles. The van der Waals surface area contributed by atoms with Crippen molar-refractivity contribution in [3.05, 3.63) is 101 Å². The number of Topliss-reactive ketones (excluding diaryl/α,β-unsaturated/α-hetero) is 1. The van der Waals surface area contributed by atoms with Gasteiger partial charge in [0.25, 0.3) is 5.91 Å². The minimum atomic E-state index is -0.825. The normalized spacial score (nSPS) is 16.2. The van der Waals surface area contributed by atoms with Crippen molar-refractivity contribution in [3.8, 4) is 6.07 Å². The van der Waals surface area contributed by atoms with E-state index in [4.69, 9.17) is 9.68 Å². The molecule has 0 bridgehead atoms. The van der Waals surface area contributed by atoms with Crippen molar-refractivity contribution in [1.82, 2.24) is 0 Å². The van der Waals surface area contributed by atoms with Gasteiger partial charge in [-0.05, 0) is 54.4 Å². The van der Waals surface area contributed by atoms with Crippen molar-refractivity contribution >= 4 is 17.4 Å². The zero-order chi connectivity index (χ0) is 20.5. The molecule has 29 heavy (non-hydrogen) atoms. The van der Waals surface area contributed by atoms with Crippen LogP contribution in [0.4, 0.5) is 5.69 Å². The standard InChI is InChI=1S/C23H16N2O4/c1-14-5-2-3-6-17(14)20-19(21(26)18-7-4-12-29-18)22(27)23(28)25(20)16-10-8-15(13-24)9-11-16/h2-12,20,27H,1H3. The van der Waals surface area contributed by atoms with Crippen molar-refractivity contribution in [2.45, 2.75) is 13.0 Å². The third-order valence-corrected chi connectivity index (χ3v) is 4.96. The smallest absolute Gasteiger partial charge is 0.294 e. The maximum atomic E-state index is 13.1. The first-order valence-corrected chi connectivity index (χ1v) is 8.93. The number of aryl methyl sites for hydroxylation is 1. The van der Waals surface area contributed by atoms with Crippen molar-refractivity contribution in [2.24, 2.45) is 0 Å². The maximum absolute atomic E-state index is 13.1. The Hall–Kier alpha value is -4.11. The van der Waals surface area contributed by atoms with Gasteiger partial charge in [-0.1, -0.05) is 24.3 Å². The molecule has 0 saturated heterocycles. The second-order valence-electron chi connectivity index (χ2n) is 6.66. The van der Waals surface area contributed by atoms with Gasteiger partial charge in [-0.15, -0.1) is 0 Å². The number of nitrogens with zero attached hydrogens (tertiary/aromatic N) is 2. The van der Waals surface area contributed by atoms with Crippen LogP contribution in [-0.4, -0.2) is 16.8 Å². The van der Waals surface area contributed by atoms with Gasteiger partial charge in [0.2, 0.25) is 5.78 Å². The first kappa shape index (κ1) is 18.3. The van der Waals surface area contributed by atoms with Crippen LogP contribution in [0.3, 0.4) is 0 Å². The number of benzene rings is 2. The molecular weight excluding hydrogens is 368 g/mol. The fraction of sp³-hybridized carbons (Fsp3) is 0.0870. The Kier molecular flexibility index (Phi) is 4.49. The number of aliphatic hydroxyl groups is 1. The summed E-state index contributed by atoms with van der Waals surface area (Å²) in [5.74, 6) is -1.80. The van der Waals surface area contributed by atoms with E-state index in [9.17, 15) is 14.7 Å². The number of nitriles is 1. The van der Waals surface area contributed by atoms with Crippen molar-refractivity contribution < 1.29 is 19.1 Å². The predicted octanol–water partition coefficient (Wildman–Crippen LogP) is 4.24. The number of rotatable bonds is 4. The summed E-state index contributed by atoms with van der Waals surface area (Å²) in [4.78, 5) is 27.5. The largest absolute Gasteiger partial charge is 0.503 e. The van der Waals surface area contributed by atoms with Crippen LogP contribution < -0.4 is 4.90 Å². The number of aliphatic hydroxyl groups excluding tert-OH is 1. The Morgan fingerprint density at radius 3 is 2.45 bits per heavy atom. The summed E-state index contributed by atoms with van der Waals surface area (Å²) < 4.78 is 5.22. The molecule has 1 unspecified atom stereocenters. The Labute approximate surface area is 166 Å². The minimum absolute atomic E-state index is 0.0383. The van der Waals surface area contributed by atoms with Gasteiger partial charge in [0, 0.05) is 5.69 Å². The second-order valence-corrected chi connectivity index (χ2v) is 6.66. The van der Waals surface area contributed by atoms with E-state index < -0.39 is 23.5 Å². The van der Waals surface area contributed by atoms with Gasteiger partial charge in [-0.3, -0.25) is 14.5 Å². The first-order valence-electron chi connectivity index (χ1n) is 8.93.